The van der Waals surface area contributed by atoms with E-state index >= 15 is 0 Å². The minimum absolute atomic E-state index is 0.244. The average molecular weight is 320 g/mol. The number of rotatable bonds is 10. The third-order valence-electron chi connectivity index (χ3n) is 3.43. The third kappa shape index (κ3) is 7.44. The second kappa shape index (κ2) is 10.4. The Morgan fingerprint density at radius 3 is 2.39 bits per heavy atom. The van der Waals surface area contributed by atoms with Crippen LogP contribution in [0.5, 0.6) is 0 Å². The van der Waals surface area contributed by atoms with E-state index in [2.05, 4.69) is 17.6 Å². The van der Waals surface area contributed by atoms with Gasteiger partial charge >= 0.3 is 5.97 Å². The summed E-state index contributed by atoms with van der Waals surface area (Å²) in [6, 6.07) is 7.62. The standard InChI is InChI=1S/C17H24N2O4/c1-2-3-4-8-11-14(17(22)23)19-15(20)12-18-16(21)13-9-6-5-7-10-13/h5-7,9-10,14H,2-4,8,11-12H2,1H3,(H,18,21)(H,19,20)(H,22,23)/t14-/m1/s1. The highest BCUT2D eigenvalue weighted by Gasteiger charge is 2.19. The van der Waals surface area contributed by atoms with E-state index in [1.54, 1.807) is 30.3 Å². The molecule has 3 N–H and O–H groups in total. The third-order valence-corrected chi connectivity index (χ3v) is 3.43. The molecule has 0 aliphatic heterocycles. The second-order valence-electron chi connectivity index (χ2n) is 5.36. The van der Waals surface area contributed by atoms with Gasteiger partial charge < -0.3 is 15.7 Å². The van der Waals surface area contributed by atoms with Crippen LogP contribution in [0.3, 0.4) is 0 Å². The molecule has 6 heteroatoms. The van der Waals surface area contributed by atoms with Gasteiger partial charge in [0, 0.05) is 5.56 Å². The summed E-state index contributed by atoms with van der Waals surface area (Å²) in [6.07, 6.45) is 4.21. The molecular weight excluding hydrogens is 296 g/mol. The van der Waals surface area contributed by atoms with Crippen LogP contribution in [0.25, 0.3) is 0 Å². The Morgan fingerprint density at radius 1 is 1.09 bits per heavy atom. The van der Waals surface area contributed by atoms with Crippen molar-refractivity contribution in [2.24, 2.45) is 0 Å². The van der Waals surface area contributed by atoms with Gasteiger partial charge in [0.2, 0.25) is 5.91 Å². The van der Waals surface area contributed by atoms with Crippen LogP contribution in [0, 0.1) is 0 Å². The minimum Gasteiger partial charge on any atom is -0.480 e. The second-order valence-corrected chi connectivity index (χ2v) is 5.36. The van der Waals surface area contributed by atoms with Gasteiger partial charge in [-0.1, -0.05) is 50.8 Å². The smallest absolute Gasteiger partial charge is 0.326 e. The average Bonchev–Trinajstić information content (AvgIpc) is 2.56. The van der Waals surface area contributed by atoms with E-state index in [1.807, 2.05) is 0 Å². The SMILES string of the molecule is CCCCCC[C@@H](NC(=O)CNC(=O)c1ccccc1)C(=O)O. The van der Waals surface area contributed by atoms with Gasteiger partial charge in [-0.15, -0.1) is 0 Å². The van der Waals surface area contributed by atoms with Gasteiger partial charge in [-0.2, -0.15) is 0 Å². The predicted molar refractivity (Wildman–Crippen MR) is 87.1 cm³/mol. The zero-order chi connectivity index (χ0) is 17.1. The Bertz CT molecular complexity index is 517. The van der Waals surface area contributed by atoms with Crippen molar-refractivity contribution >= 4 is 17.8 Å². The van der Waals surface area contributed by atoms with Crippen molar-refractivity contribution in [2.75, 3.05) is 6.54 Å². The van der Waals surface area contributed by atoms with Crippen LogP contribution in [0.2, 0.25) is 0 Å². The summed E-state index contributed by atoms with van der Waals surface area (Å²) in [5.41, 5.74) is 0.453. The number of carbonyl (C=O) groups excluding carboxylic acids is 2. The summed E-state index contributed by atoms with van der Waals surface area (Å²) in [7, 11) is 0. The van der Waals surface area contributed by atoms with E-state index in [-0.39, 0.29) is 12.5 Å². The van der Waals surface area contributed by atoms with E-state index in [9.17, 15) is 14.4 Å². The summed E-state index contributed by atoms with van der Waals surface area (Å²) in [6.45, 7) is 1.83. The summed E-state index contributed by atoms with van der Waals surface area (Å²) in [5, 5.41) is 14.1. The fourth-order valence-electron chi connectivity index (χ4n) is 2.13. The number of carbonyl (C=O) groups is 3. The van der Waals surface area contributed by atoms with Crippen LogP contribution in [0.1, 0.15) is 49.4 Å². The molecule has 0 aromatic heterocycles. The lowest BCUT2D eigenvalue weighted by molar-refractivity contribution is -0.141. The zero-order valence-corrected chi connectivity index (χ0v) is 13.4. The molecule has 0 bridgehead atoms. The first-order valence-corrected chi connectivity index (χ1v) is 7.90. The molecule has 0 fully saturated rings. The number of unbranched alkanes of at least 4 members (excludes halogenated alkanes) is 3. The lowest BCUT2D eigenvalue weighted by Crippen LogP contribution is -2.45. The topological polar surface area (TPSA) is 95.5 Å². The van der Waals surface area contributed by atoms with Crippen molar-refractivity contribution < 1.29 is 19.5 Å². The first kappa shape index (κ1) is 18.7. The largest absolute Gasteiger partial charge is 0.480 e. The van der Waals surface area contributed by atoms with Crippen molar-refractivity contribution in [2.45, 2.75) is 45.1 Å². The lowest BCUT2D eigenvalue weighted by atomic mass is 10.1. The number of carboxylic acids is 1. The first-order chi connectivity index (χ1) is 11.0. The predicted octanol–water partition coefficient (Wildman–Crippen LogP) is 1.96. The fraction of sp³-hybridized carbons (Fsp3) is 0.471. The zero-order valence-electron chi connectivity index (χ0n) is 13.4. The molecule has 1 aromatic carbocycles. The maximum atomic E-state index is 11.8. The van der Waals surface area contributed by atoms with Gasteiger partial charge in [-0.25, -0.2) is 4.79 Å². The number of benzene rings is 1. The molecule has 23 heavy (non-hydrogen) atoms. The Balaban J connectivity index is 2.37. The normalized spacial score (nSPS) is 11.5. The summed E-state index contributed by atoms with van der Waals surface area (Å²) in [5.74, 6) is -1.92. The minimum atomic E-state index is -1.05. The molecule has 1 rings (SSSR count). The highest BCUT2D eigenvalue weighted by atomic mass is 16.4. The Labute approximate surface area is 136 Å². The number of carboxylic acid groups (broad SMARTS) is 1. The Kier molecular flexibility index (Phi) is 8.42. The molecule has 2 amide bonds. The van der Waals surface area contributed by atoms with Crippen LogP contribution in [-0.4, -0.2) is 35.5 Å². The Morgan fingerprint density at radius 2 is 1.78 bits per heavy atom. The summed E-state index contributed by atoms with van der Waals surface area (Å²) in [4.78, 5) is 34.8. The molecule has 0 heterocycles. The number of nitrogens with one attached hydrogen (secondary N) is 2. The van der Waals surface area contributed by atoms with Gasteiger partial charge in [0.1, 0.15) is 6.04 Å². The molecule has 0 unspecified atom stereocenters. The van der Waals surface area contributed by atoms with E-state index in [1.165, 1.54) is 0 Å². The number of hydrogen-bond donors (Lipinski definition) is 3. The van der Waals surface area contributed by atoms with Crippen molar-refractivity contribution in [3.8, 4) is 0 Å². The maximum absolute atomic E-state index is 11.8. The molecule has 0 saturated carbocycles. The first-order valence-electron chi connectivity index (χ1n) is 7.90. The molecule has 0 aliphatic carbocycles. The molecule has 1 aromatic rings. The van der Waals surface area contributed by atoms with Crippen LogP contribution >= 0.6 is 0 Å². The van der Waals surface area contributed by atoms with E-state index in [0.29, 0.717) is 12.0 Å². The van der Waals surface area contributed by atoms with Crippen molar-refractivity contribution in [1.82, 2.24) is 10.6 Å². The molecule has 1 atom stereocenters. The number of aliphatic carboxylic acids is 1. The molecular formula is C17H24N2O4. The van der Waals surface area contributed by atoms with Crippen LogP contribution in [-0.2, 0) is 9.59 Å². The van der Waals surface area contributed by atoms with Crippen molar-refractivity contribution in [3.63, 3.8) is 0 Å². The van der Waals surface area contributed by atoms with Crippen molar-refractivity contribution in [1.29, 1.82) is 0 Å². The highest BCUT2D eigenvalue weighted by Crippen LogP contribution is 2.06. The maximum Gasteiger partial charge on any atom is 0.326 e. The van der Waals surface area contributed by atoms with Crippen LogP contribution < -0.4 is 10.6 Å². The monoisotopic (exact) mass is 320 g/mol. The molecule has 6 nitrogen and oxygen atoms in total. The van der Waals surface area contributed by atoms with Crippen LogP contribution in [0.4, 0.5) is 0 Å². The van der Waals surface area contributed by atoms with E-state index in [0.717, 1.165) is 25.7 Å². The lowest BCUT2D eigenvalue weighted by Gasteiger charge is -2.14. The molecule has 0 aliphatic rings. The summed E-state index contributed by atoms with van der Waals surface area (Å²) >= 11 is 0. The summed E-state index contributed by atoms with van der Waals surface area (Å²) < 4.78 is 0. The van der Waals surface area contributed by atoms with Crippen molar-refractivity contribution in [3.05, 3.63) is 35.9 Å². The number of hydrogen-bond acceptors (Lipinski definition) is 3. The Hall–Kier alpha value is -2.37. The fourth-order valence-corrected chi connectivity index (χ4v) is 2.13. The van der Waals surface area contributed by atoms with E-state index in [4.69, 9.17) is 5.11 Å². The van der Waals surface area contributed by atoms with Crippen LogP contribution in [0.15, 0.2) is 30.3 Å². The molecule has 126 valence electrons. The number of amides is 2. The van der Waals surface area contributed by atoms with Gasteiger partial charge in [0.15, 0.2) is 0 Å². The molecule has 0 saturated heterocycles. The van der Waals surface area contributed by atoms with Gasteiger partial charge in [0.25, 0.3) is 5.91 Å². The van der Waals surface area contributed by atoms with Gasteiger partial charge in [0.05, 0.1) is 6.54 Å². The molecule has 0 radical (unpaired) electrons. The highest BCUT2D eigenvalue weighted by molar-refractivity contribution is 5.96. The van der Waals surface area contributed by atoms with E-state index < -0.39 is 17.9 Å². The van der Waals surface area contributed by atoms with Gasteiger partial charge in [-0.05, 0) is 18.6 Å². The van der Waals surface area contributed by atoms with Gasteiger partial charge in [-0.3, -0.25) is 9.59 Å². The molecule has 0 spiro atoms. The quantitative estimate of drug-likeness (QED) is 0.574.